The SMILES string of the molecule is CCOc1ccccc1CN1CCCN(C(C)=O)c2ccccc2CN(C(=O)c2ccc(CN)cc2)CC1. The van der Waals surface area contributed by atoms with Gasteiger partial charge in [-0.25, -0.2) is 0 Å². The van der Waals surface area contributed by atoms with E-state index in [1.54, 1.807) is 6.92 Å². The number of anilines is 1. The second-order valence-electron chi connectivity index (χ2n) is 9.60. The Bertz CT molecular complexity index is 1230. The summed E-state index contributed by atoms with van der Waals surface area (Å²) in [5.74, 6) is 0.849. The molecule has 3 aromatic rings. The van der Waals surface area contributed by atoms with Crippen LogP contribution in [0.4, 0.5) is 5.69 Å². The lowest BCUT2D eigenvalue weighted by Gasteiger charge is -2.28. The fourth-order valence-corrected chi connectivity index (χ4v) is 4.94. The summed E-state index contributed by atoms with van der Waals surface area (Å²) in [6.07, 6.45) is 0.819. The molecule has 0 saturated carbocycles. The summed E-state index contributed by atoms with van der Waals surface area (Å²) in [6.45, 7) is 8.42. The first-order valence-corrected chi connectivity index (χ1v) is 13.4. The average molecular weight is 515 g/mol. The van der Waals surface area contributed by atoms with Crippen LogP contribution in [-0.2, 0) is 24.4 Å². The zero-order valence-corrected chi connectivity index (χ0v) is 22.4. The highest BCUT2D eigenvalue weighted by molar-refractivity contribution is 5.95. The number of fused-ring (bicyclic) bond motifs is 1. The van der Waals surface area contributed by atoms with E-state index in [9.17, 15) is 9.59 Å². The minimum Gasteiger partial charge on any atom is -0.494 e. The van der Waals surface area contributed by atoms with Gasteiger partial charge >= 0.3 is 0 Å². The van der Waals surface area contributed by atoms with Gasteiger partial charge < -0.3 is 20.3 Å². The number of ether oxygens (including phenoxy) is 1. The molecular weight excluding hydrogens is 476 g/mol. The van der Waals surface area contributed by atoms with E-state index in [2.05, 4.69) is 11.0 Å². The number of para-hydroxylation sites is 2. The van der Waals surface area contributed by atoms with Gasteiger partial charge in [0.1, 0.15) is 5.75 Å². The molecule has 1 heterocycles. The molecular formula is C31H38N4O3. The molecule has 0 atom stereocenters. The van der Waals surface area contributed by atoms with E-state index in [4.69, 9.17) is 10.5 Å². The molecule has 0 aromatic heterocycles. The van der Waals surface area contributed by atoms with Gasteiger partial charge in [-0.1, -0.05) is 48.5 Å². The molecule has 0 aliphatic carbocycles. The predicted octanol–water partition coefficient (Wildman–Crippen LogP) is 4.45. The first-order valence-electron chi connectivity index (χ1n) is 13.4. The number of carbonyl (C=O) groups excluding carboxylic acids is 2. The molecule has 0 unspecified atom stereocenters. The molecule has 7 nitrogen and oxygen atoms in total. The average Bonchev–Trinajstić information content (AvgIpc) is 2.97. The third-order valence-electron chi connectivity index (χ3n) is 6.96. The largest absolute Gasteiger partial charge is 0.494 e. The summed E-state index contributed by atoms with van der Waals surface area (Å²) in [6, 6.07) is 23.5. The Kier molecular flexibility index (Phi) is 9.51. The van der Waals surface area contributed by atoms with Crippen LogP contribution in [0.1, 0.15) is 47.3 Å². The third-order valence-corrected chi connectivity index (χ3v) is 6.96. The van der Waals surface area contributed by atoms with Crippen molar-refractivity contribution in [2.24, 2.45) is 5.73 Å². The van der Waals surface area contributed by atoms with Crippen molar-refractivity contribution in [2.45, 2.75) is 39.9 Å². The van der Waals surface area contributed by atoms with Gasteiger partial charge in [0, 0.05) is 69.6 Å². The Morgan fingerprint density at radius 3 is 2.37 bits per heavy atom. The molecule has 1 aliphatic heterocycles. The van der Waals surface area contributed by atoms with Crippen LogP contribution in [0.2, 0.25) is 0 Å². The normalized spacial score (nSPS) is 14.9. The predicted molar refractivity (Wildman–Crippen MR) is 151 cm³/mol. The van der Waals surface area contributed by atoms with Crippen molar-refractivity contribution < 1.29 is 14.3 Å². The van der Waals surface area contributed by atoms with E-state index in [1.807, 2.05) is 83.5 Å². The molecule has 200 valence electrons. The topological polar surface area (TPSA) is 79.1 Å². The van der Waals surface area contributed by atoms with Gasteiger partial charge in [0.05, 0.1) is 6.61 Å². The number of carbonyl (C=O) groups is 2. The molecule has 0 fully saturated rings. The van der Waals surface area contributed by atoms with Gasteiger partial charge in [0.2, 0.25) is 5.91 Å². The maximum atomic E-state index is 13.8. The minimum absolute atomic E-state index is 0.000174. The first kappa shape index (κ1) is 27.4. The lowest BCUT2D eigenvalue weighted by molar-refractivity contribution is -0.116. The molecule has 38 heavy (non-hydrogen) atoms. The molecule has 0 bridgehead atoms. The minimum atomic E-state index is -0.0355. The molecule has 0 radical (unpaired) electrons. The van der Waals surface area contributed by atoms with Gasteiger partial charge in [-0.3, -0.25) is 14.5 Å². The zero-order chi connectivity index (χ0) is 26.9. The number of rotatable bonds is 6. The van der Waals surface area contributed by atoms with Crippen LogP contribution < -0.4 is 15.4 Å². The molecule has 2 N–H and O–H groups in total. The summed E-state index contributed by atoms with van der Waals surface area (Å²) >= 11 is 0. The number of nitrogens with zero attached hydrogens (tertiary/aromatic N) is 3. The zero-order valence-electron chi connectivity index (χ0n) is 22.4. The summed E-state index contributed by atoms with van der Waals surface area (Å²) < 4.78 is 5.87. The van der Waals surface area contributed by atoms with Crippen molar-refractivity contribution in [3.63, 3.8) is 0 Å². The van der Waals surface area contributed by atoms with Crippen LogP contribution in [0.25, 0.3) is 0 Å². The lowest BCUT2D eigenvalue weighted by Crippen LogP contribution is -2.38. The van der Waals surface area contributed by atoms with Crippen LogP contribution in [0.5, 0.6) is 5.75 Å². The quantitative estimate of drug-likeness (QED) is 0.526. The van der Waals surface area contributed by atoms with Crippen LogP contribution in [0.15, 0.2) is 72.8 Å². The summed E-state index contributed by atoms with van der Waals surface area (Å²) in [4.78, 5) is 32.5. The van der Waals surface area contributed by atoms with Crippen molar-refractivity contribution in [2.75, 3.05) is 37.7 Å². The maximum Gasteiger partial charge on any atom is 0.254 e. The van der Waals surface area contributed by atoms with E-state index < -0.39 is 0 Å². The highest BCUT2D eigenvalue weighted by atomic mass is 16.5. The Labute approximate surface area is 225 Å². The number of amides is 2. The number of hydrogen-bond donors (Lipinski definition) is 1. The van der Waals surface area contributed by atoms with Crippen LogP contribution in [0, 0.1) is 0 Å². The molecule has 0 saturated heterocycles. The van der Waals surface area contributed by atoms with Crippen molar-refractivity contribution in [1.29, 1.82) is 0 Å². The van der Waals surface area contributed by atoms with E-state index in [0.29, 0.717) is 51.4 Å². The third kappa shape index (κ3) is 6.79. The lowest BCUT2D eigenvalue weighted by atomic mass is 10.1. The van der Waals surface area contributed by atoms with Crippen molar-refractivity contribution in [3.05, 3.63) is 95.1 Å². The molecule has 4 rings (SSSR count). The van der Waals surface area contributed by atoms with Crippen molar-refractivity contribution >= 4 is 17.5 Å². The molecule has 1 aliphatic rings. The van der Waals surface area contributed by atoms with E-state index in [1.165, 1.54) is 0 Å². The van der Waals surface area contributed by atoms with Crippen LogP contribution in [-0.4, -0.2) is 54.4 Å². The number of benzene rings is 3. The van der Waals surface area contributed by atoms with Gasteiger partial charge in [-0.05, 0) is 48.7 Å². The summed E-state index contributed by atoms with van der Waals surface area (Å²) in [5.41, 5.74) is 10.3. The van der Waals surface area contributed by atoms with Crippen molar-refractivity contribution in [1.82, 2.24) is 9.80 Å². The Balaban J connectivity index is 1.65. The van der Waals surface area contributed by atoms with E-state index >= 15 is 0 Å². The Morgan fingerprint density at radius 2 is 1.63 bits per heavy atom. The fourth-order valence-electron chi connectivity index (χ4n) is 4.94. The van der Waals surface area contributed by atoms with Crippen LogP contribution >= 0.6 is 0 Å². The summed E-state index contributed by atoms with van der Waals surface area (Å²) in [7, 11) is 0. The maximum absolute atomic E-state index is 13.8. The number of nitrogens with two attached hydrogens (primary N) is 1. The fraction of sp³-hybridized carbons (Fsp3) is 0.355. The Hall–Kier alpha value is -3.68. The molecule has 7 heteroatoms. The number of hydrogen-bond acceptors (Lipinski definition) is 5. The second kappa shape index (κ2) is 13.2. The van der Waals surface area contributed by atoms with E-state index in [0.717, 1.165) is 41.1 Å². The van der Waals surface area contributed by atoms with Crippen molar-refractivity contribution in [3.8, 4) is 5.75 Å². The van der Waals surface area contributed by atoms with Gasteiger partial charge in [-0.15, -0.1) is 0 Å². The van der Waals surface area contributed by atoms with Gasteiger partial charge in [0.25, 0.3) is 5.91 Å². The smallest absolute Gasteiger partial charge is 0.254 e. The monoisotopic (exact) mass is 514 g/mol. The molecule has 0 spiro atoms. The van der Waals surface area contributed by atoms with Gasteiger partial charge in [0.15, 0.2) is 0 Å². The Morgan fingerprint density at radius 1 is 0.895 bits per heavy atom. The van der Waals surface area contributed by atoms with E-state index in [-0.39, 0.29) is 11.8 Å². The highest BCUT2D eigenvalue weighted by Gasteiger charge is 2.23. The second-order valence-corrected chi connectivity index (χ2v) is 9.60. The molecule has 3 aromatic carbocycles. The summed E-state index contributed by atoms with van der Waals surface area (Å²) in [5, 5.41) is 0. The van der Waals surface area contributed by atoms with Crippen LogP contribution in [0.3, 0.4) is 0 Å². The first-order chi connectivity index (χ1) is 18.5. The van der Waals surface area contributed by atoms with Gasteiger partial charge in [-0.2, -0.15) is 0 Å². The highest BCUT2D eigenvalue weighted by Crippen LogP contribution is 2.25. The molecule has 2 amide bonds. The standard InChI is InChI=1S/C31H38N4O3/c1-3-38-30-12-7-5-10-28(30)22-33-17-8-18-35(24(2)36)29-11-6-4-9-27(29)23-34(20-19-33)31(37)26-15-13-25(21-32)14-16-26/h4-7,9-16H,3,8,17-23,32H2,1-2H3.